The van der Waals surface area contributed by atoms with Crippen LogP contribution in [0.1, 0.15) is 0 Å². The lowest BCUT2D eigenvalue weighted by Crippen LogP contribution is -2.07. The van der Waals surface area contributed by atoms with Crippen LogP contribution >= 0.6 is 15.9 Å². The Kier molecular flexibility index (Phi) is 5.13. The Bertz CT molecular complexity index is 225. The number of benzene rings is 1. The van der Waals surface area contributed by atoms with E-state index in [1.807, 2.05) is 26.2 Å². The molecule has 0 heterocycles. The van der Waals surface area contributed by atoms with Gasteiger partial charge in [0.25, 0.3) is 0 Å². The summed E-state index contributed by atoms with van der Waals surface area (Å²) >= 11 is 3.40. The molecule has 0 atom stereocenters. The molecule has 0 aliphatic rings. The molecule has 0 radical (unpaired) electrons. The molecular weight excluding hydrogens is 214 g/mol. The van der Waals surface area contributed by atoms with Gasteiger partial charge in [-0.3, -0.25) is 0 Å². The molecule has 0 spiro atoms. The molecule has 1 aromatic carbocycles. The van der Waals surface area contributed by atoms with Crippen molar-refractivity contribution in [2.24, 2.45) is 0 Å². The minimum atomic E-state index is 0. The molecule has 0 aliphatic heterocycles. The Hall–Kier alpha value is 0.266. The zero-order valence-electron chi connectivity index (χ0n) is 6.13. The summed E-state index contributed by atoms with van der Waals surface area (Å²) in [5, 5.41) is 0. The molecule has 1 nitrogen and oxygen atoms in total. The number of halogens is 1. The summed E-state index contributed by atoms with van der Waals surface area (Å²) in [6.07, 6.45) is 0. The fourth-order valence-corrected chi connectivity index (χ4v) is 1.14. The van der Waals surface area contributed by atoms with Gasteiger partial charge in [-0.2, -0.15) is 0 Å². The molecule has 1 aromatic rings. The minimum absolute atomic E-state index is 0. The van der Waals surface area contributed by atoms with Crippen LogP contribution in [0.5, 0.6) is 0 Å². The van der Waals surface area contributed by atoms with Crippen molar-refractivity contribution in [3.63, 3.8) is 0 Å². The Balaban J connectivity index is 0.000001000. The van der Waals surface area contributed by atoms with Gasteiger partial charge in [0.15, 0.2) is 0 Å². The molecule has 0 fully saturated rings. The molecule has 11 heavy (non-hydrogen) atoms. The predicted octanol–water partition coefficient (Wildman–Crippen LogP) is 1.60. The van der Waals surface area contributed by atoms with Gasteiger partial charge in [-0.15, -0.1) is 0 Å². The van der Waals surface area contributed by atoms with E-state index in [0.717, 1.165) is 4.47 Å². The van der Waals surface area contributed by atoms with Crippen molar-refractivity contribution in [2.75, 3.05) is 19.0 Å². The second-order valence-corrected chi connectivity index (χ2v) is 3.29. The van der Waals surface area contributed by atoms with E-state index < -0.39 is 0 Å². The number of hydrogen-bond acceptors (Lipinski definition) is 1. The third-order valence-electron chi connectivity index (χ3n) is 1.32. The molecule has 3 heteroatoms. The van der Waals surface area contributed by atoms with Crippen LogP contribution in [-0.2, 0) is 0 Å². The lowest BCUT2D eigenvalue weighted by atomic mass is 10.3. The monoisotopic (exact) mass is 225 g/mol. The minimum Gasteiger partial charge on any atom is -0.378 e. The van der Waals surface area contributed by atoms with Gasteiger partial charge < -0.3 is 4.90 Å². The van der Waals surface area contributed by atoms with Gasteiger partial charge in [-0.05, 0) is 18.2 Å². The number of rotatable bonds is 1. The Labute approximate surface area is 92.1 Å². The van der Waals surface area contributed by atoms with E-state index in [1.165, 1.54) is 5.69 Å². The van der Waals surface area contributed by atoms with Gasteiger partial charge in [-0.25, -0.2) is 0 Å². The molecule has 0 aromatic heterocycles. The highest BCUT2D eigenvalue weighted by atomic mass is 79.9. The molecule has 0 saturated carbocycles. The van der Waals surface area contributed by atoms with E-state index in [4.69, 9.17) is 0 Å². The molecular formula is C8H12BrMgN. The summed E-state index contributed by atoms with van der Waals surface area (Å²) in [7, 11) is 4.06. The van der Waals surface area contributed by atoms with Crippen LogP contribution in [0.4, 0.5) is 5.69 Å². The van der Waals surface area contributed by atoms with Crippen molar-refractivity contribution in [3.8, 4) is 0 Å². The number of nitrogens with zero attached hydrogens (tertiary/aromatic N) is 1. The molecule has 0 unspecified atom stereocenters. The zero-order chi connectivity index (χ0) is 7.56. The van der Waals surface area contributed by atoms with Crippen LogP contribution < -0.4 is 4.90 Å². The first-order valence-corrected chi connectivity index (χ1v) is 3.92. The van der Waals surface area contributed by atoms with Crippen molar-refractivity contribution < 1.29 is 0 Å². The average molecular weight is 226 g/mol. The van der Waals surface area contributed by atoms with Crippen LogP contribution in [0.25, 0.3) is 0 Å². The van der Waals surface area contributed by atoms with E-state index in [9.17, 15) is 0 Å². The molecule has 1 rings (SSSR count). The molecule has 0 aliphatic carbocycles. The van der Waals surface area contributed by atoms with E-state index in [2.05, 4.69) is 33.0 Å². The van der Waals surface area contributed by atoms with E-state index in [0.29, 0.717) is 0 Å². The second-order valence-electron chi connectivity index (χ2n) is 2.37. The first kappa shape index (κ1) is 11.3. The molecule has 0 amide bonds. The number of anilines is 1. The van der Waals surface area contributed by atoms with Crippen molar-refractivity contribution in [1.29, 1.82) is 0 Å². The smallest absolute Gasteiger partial charge is 0.316 e. The Morgan fingerprint density at radius 2 is 1.91 bits per heavy atom. The third-order valence-corrected chi connectivity index (χ3v) is 1.82. The highest BCUT2D eigenvalue weighted by Crippen LogP contribution is 2.17. The second kappa shape index (κ2) is 5.01. The summed E-state index contributed by atoms with van der Waals surface area (Å²) in [5.41, 5.74) is 1.22. The maximum absolute atomic E-state index is 3.40. The summed E-state index contributed by atoms with van der Waals surface area (Å²) in [6.45, 7) is 0. The predicted molar refractivity (Wildman–Crippen MR) is 57.0 cm³/mol. The van der Waals surface area contributed by atoms with Crippen molar-refractivity contribution in [1.82, 2.24) is 0 Å². The third kappa shape index (κ3) is 3.45. The van der Waals surface area contributed by atoms with E-state index >= 15 is 0 Å². The highest BCUT2D eigenvalue weighted by molar-refractivity contribution is 9.10. The SMILES string of the molecule is CN(C)c1cccc(Br)c1.[MgH2]. The summed E-state index contributed by atoms with van der Waals surface area (Å²) in [4.78, 5) is 2.07. The average Bonchev–Trinajstić information content (AvgIpc) is 1.88. The van der Waals surface area contributed by atoms with Crippen molar-refractivity contribution in [2.45, 2.75) is 0 Å². The van der Waals surface area contributed by atoms with Crippen molar-refractivity contribution in [3.05, 3.63) is 28.7 Å². The maximum atomic E-state index is 3.40. The molecule has 0 N–H and O–H groups in total. The Morgan fingerprint density at radius 1 is 1.27 bits per heavy atom. The standard InChI is InChI=1S/C8H10BrN.Mg.2H/c1-10(2)8-5-3-4-7(9)6-8;;;/h3-6H,1-2H3;;;. The van der Waals surface area contributed by atoms with Gasteiger partial charge in [0.1, 0.15) is 0 Å². The Morgan fingerprint density at radius 3 is 2.27 bits per heavy atom. The zero-order valence-corrected chi connectivity index (χ0v) is 7.72. The summed E-state index contributed by atoms with van der Waals surface area (Å²) in [6, 6.07) is 8.21. The first-order chi connectivity index (χ1) is 4.70. The van der Waals surface area contributed by atoms with Crippen LogP contribution in [0.2, 0.25) is 0 Å². The fourth-order valence-electron chi connectivity index (χ4n) is 0.754. The van der Waals surface area contributed by atoms with Crippen LogP contribution in [-0.4, -0.2) is 37.1 Å². The fraction of sp³-hybridized carbons (Fsp3) is 0.250. The van der Waals surface area contributed by atoms with Crippen LogP contribution in [0.3, 0.4) is 0 Å². The normalized spacial score (nSPS) is 8.64. The largest absolute Gasteiger partial charge is 0.378 e. The van der Waals surface area contributed by atoms with Gasteiger partial charge in [0.2, 0.25) is 0 Å². The number of hydrogen-bond donors (Lipinski definition) is 0. The van der Waals surface area contributed by atoms with E-state index in [-0.39, 0.29) is 23.1 Å². The van der Waals surface area contributed by atoms with Crippen LogP contribution in [0, 0.1) is 0 Å². The lowest BCUT2D eigenvalue weighted by Gasteiger charge is -2.11. The van der Waals surface area contributed by atoms with E-state index in [1.54, 1.807) is 0 Å². The molecule has 58 valence electrons. The van der Waals surface area contributed by atoms with Gasteiger partial charge >= 0.3 is 23.1 Å². The highest BCUT2D eigenvalue weighted by Gasteiger charge is 1.92. The van der Waals surface area contributed by atoms with Gasteiger partial charge in [-0.1, -0.05) is 22.0 Å². The summed E-state index contributed by atoms with van der Waals surface area (Å²) < 4.78 is 1.12. The molecule has 0 saturated heterocycles. The quantitative estimate of drug-likeness (QED) is 0.658. The summed E-state index contributed by atoms with van der Waals surface area (Å²) in [5.74, 6) is 0. The van der Waals surface area contributed by atoms with Gasteiger partial charge in [0.05, 0.1) is 0 Å². The first-order valence-electron chi connectivity index (χ1n) is 3.13. The van der Waals surface area contributed by atoms with Gasteiger partial charge in [0, 0.05) is 24.3 Å². The topological polar surface area (TPSA) is 3.24 Å². The van der Waals surface area contributed by atoms with Crippen molar-refractivity contribution >= 4 is 44.7 Å². The van der Waals surface area contributed by atoms with Crippen LogP contribution in [0.15, 0.2) is 28.7 Å². The maximum Gasteiger partial charge on any atom is 0.316 e. The molecule has 0 bridgehead atoms. The lowest BCUT2D eigenvalue weighted by molar-refractivity contribution is 1.13.